The van der Waals surface area contributed by atoms with Crippen molar-refractivity contribution in [2.24, 2.45) is 0 Å². The van der Waals surface area contributed by atoms with Crippen LogP contribution in [-0.4, -0.2) is 5.11 Å². The van der Waals surface area contributed by atoms with Crippen molar-refractivity contribution in [1.82, 2.24) is 0 Å². The van der Waals surface area contributed by atoms with E-state index >= 15 is 0 Å². The maximum absolute atomic E-state index is 13.2. The number of halogens is 6. The van der Waals surface area contributed by atoms with Crippen molar-refractivity contribution in [2.75, 3.05) is 0 Å². The minimum atomic E-state index is -4.79. The number of aliphatic hydroxyl groups is 1. The van der Waals surface area contributed by atoms with Crippen LogP contribution in [0, 0.1) is 11.6 Å². The lowest BCUT2D eigenvalue weighted by atomic mass is 9.96. The lowest BCUT2D eigenvalue weighted by molar-refractivity contribution is -0.139. The third-order valence-electron chi connectivity index (χ3n) is 2.87. The molecule has 2 rings (SSSR count). The van der Waals surface area contributed by atoms with Gasteiger partial charge in [-0.05, 0) is 36.4 Å². The Morgan fingerprint density at radius 1 is 0.905 bits per heavy atom. The number of rotatable bonds is 2. The average molecular weight is 323 g/mol. The van der Waals surface area contributed by atoms with Gasteiger partial charge in [0, 0.05) is 16.1 Å². The van der Waals surface area contributed by atoms with Crippen molar-refractivity contribution in [3.8, 4) is 0 Å². The lowest BCUT2D eigenvalue weighted by Gasteiger charge is -2.19. The van der Waals surface area contributed by atoms with Crippen LogP contribution in [-0.2, 0) is 6.18 Å². The zero-order chi connectivity index (χ0) is 15.8. The first kappa shape index (κ1) is 15.7. The Labute approximate surface area is 121 Å². The van der Waals surface area contributed by atoms with E-state index in [0.717, 1.165) is 18.2 Å². The third kappa shape index (κ3) is 3.33. The largest absolute Gasteiger partial charge is 0.416 e. The molecule has 21 heavy (non-hydrogen) atoms. The first-order valence-electron chi connectivity index (χ1n) is 5.70. The summed E-state index contributed by atoms with van der Waals surface area (Å²) in [5.41, 5.74) is -2.21. The molecule has 2 aromatic rings. The van der Waals surface area contributed by atoms with E-state index in [1.807, 2.05) is 0 Å². The maximum Gasteiger partial charge on any atom is 0.416 e. The van der Waals surface area contributed by atoms with E-state index in [9.17, 15) is 27.1 Å². The minimum absolute atomic E-state index is 0.124. The highest BCUT2D eigenvalue weighted by atomic mass is 35.5. The fourth-order valence-electron chi connectivity index (χ4n) is 1.91. The summed E-state index contributed by atoms with van der Waals surface area (Å²) in [5.74, 6) is -1.73. The van der Waals surface area contributed by atoms with Crippen LogP contribution in [0.1, 0.15) is 22.8 Å². The predicted molar refractivity (Wildman–Crippen MR) is 66.9 cm³/mol. The molecule has 0 aliphatic rings. The molecule has 7 heteroatoms. The summed E-state index contributed by atoms with van der Waals surface area (Å²) >= 11 is 5.75. The Bertz CT molecular complexity index is 669. The molecule has 2 aromatic carbocycles. The van der Waals surface area contributed by atoms with Crippen molar-refractivity contribution in [3.63, 3.8) is 0 Å². The van der Waals surface area contributed by atoms with Crippen molar-refractivity contribution < 1.29 is 27.1 Å². The van der Waals surface area contributed by atoms with Crippen LogP contribution in [0.5, 0.6) is 0 Å². The molecule has 0 aromatic heterocycles. The highest BCUT2D eigenvalue weighted by molar-refractivity contribution is 6.31. The minimum Gasteiger partial charge on any atom is -0.384 e. The number of hydrogen-bond donors (Lipinski definition) is 1. The number of alkyl halides is 3. The summed E-state index contributed by atoms with van der Waals surface area (Å²) in [5, 5.41) is 9.92. The molecule has 0 radical (unpaired) electrons. The van der Waals surface area contributed by atoms with E-state index < -0.39 is 35.0 Å². The van der Waals surface area contributed by atoms with Crippen molar-refractivity contribution in [2.45, 2.75) is 12.3 Å². The Morgan fingerprint density at radius 2 is 1.43 bits per heavy atom. The van der Waals surface area contributed by atoms with Gasteiger partial charge < -0.3 is 5.11 Å². The van der Waals surface area contributed by atoms with Gasteiger partial charge >= 0.3 is 6.18 Å². The Balaban J connectivity index is 2.60. The van der Waals surface area contributed by atoms with Crippen LogP contribution < -0.4 is 0 Å². The molecule has 1 N–H and O–H groups in total. The second kappa shape index (κ2) is 5.61. The first-order valence-corrected chi connectivity index (χ1v) is 6.07. The van der Waals surface area contributed by atoms with Crippen molar-refractivity contribution in [3.05, 3.63) is 69.7 Å². The zero-order valence-electron chi connectivity index (χ0n) is 10.3. The normalized spacial score (nSPS) is 13.3. The molecule has 0 aliphatic heterocycles. The Hall–Kier alpha value is -1.66. The quantitative estimate of drug-likeness (QED) is 0.793. The highest BCUT2D eigenvalue weighted by Gasteiger charge is 2.35. The summed E-state index contributed by atoms with van der Waals surface area (Å²) in [6, 6.07) is 4.59. The van der Waals surface area contributed by atoms with Gasteiger partial charge in [-0.2, -0.15) is 13.2 Å². The topological polar surface area (TPSA) is 20.2 Å². The second-order valence-electron chi connectivity index (χ2n) is 4.30. The van der Waals surface area contributed by atoms with E-state index in [1.54, 1.807) is 0 Å². The van der Waals surface area contributed by atoms with Gasteiger partial charge in [0.2, 0.25) is 0 Å². The highest BCUT2D eigenvalue weighted by Crippen LogP contribution is 2.38. The van der Waals surface area contributed by atoms with Crippen LogP contribution in [0.4, 0.5) is 22.0 Å². The summed E-state index contributed by atoms with van der Waals surface area (Å²) in [4.78, 5) is 0. The molecule has 0 amide bonds. The van der Waals surface area contributed by atoms with Gasteiger partial charge in [0.15, 0.2) is 0 Å². The second-order valence-corrected chi connectivity index (χ2v) is 4.70. The van der Waals surface area contributed by atoms with Crippen LogP contribution in [0.25, 0.3) is 0 Å². The molecule has 0 heterocycles. The maximum atomic E-state index is 13.2. The van der Waals surface area contributed by atoms with E-state index in [0.29, 0.717) is 18.2 Å². The zero-order valence-corrected chi connectivity index (χ0v) is 11.0. The van der Waals surface area contributed by atoms with E-state index in [-0.39, 0.29) is 10.6 Å². The van der Waals surface area contributed by atoms with Crippen molar-refractivity contribution in [1.29, 1.82) is 0 Å². The number of benzene rings is 2. The summed E-state index contributed by atoms with van der Waals surface area (Å²) in [6.07, 6.45) is -6.69. The van der Waals surface area contributed by atoms with Crippen LogP contribution in [0.3, 0.4) is 0 Å². The number of aliphatic hydroxyl groups excluding tert-OH is 1. The van der Waals surface area contributed by atoms with Gasteiger partial charge in [-0.25, -0.2) is 8.78 Å². The van der Waals surface area contributed by atoms with Gasteiger partial charge in [0.25, 0.3) is 0 Å². The van der Waals surface area contributed by atoms with E-state index in [4.69, 9.17) is 11.6 Å². The SMILES string of the molecule is OC(c1cc(F)ccc1Cl)c1cc(F)ccc1C(F)(F)F. The fourth-order valence-corrected chi connectivity index (χ4v) is 2.13. The molecule has 1 nitrogen and oxygen atoms in total. The summed E-state index contributed by atoms with van der Waals surface area (Å²) in [7, 11) is 0. The smallest absolute Gasteiger partial charge is 0.384 e. The molecule has 0 bridgehead atoms. The van der Waals surface area contributed by atoms with Gasteiger partial charge in [0.05, 0.1) is 5.56 Å². The predicted octanol–water partition coefficient (Wildman–Crippen LogP) is 4.72. The molecule has 1 atom stereocenters. The fraction of sp³-hybridized carbons (Fsp3) is 0.143. The monoisotopic (exact) mass is 322 g/mol. The van der Waals surface area contributed by atoms with Gasteiger partial charge in [-0.3, -0.25) is 0 Å². The molecule has 1 unspecified atom stereocenters. The first-order chi connectivity index (χ1) is 9.70. The van der Waals surface area contributed by atoms with Gasteiger partial charge in [-0.15, -0.1) is 0 Å². The Kier molecular flexibility index (Phi) is 4.20. The molecular weight excluding hydrogens is 315 g/mol. The van der Waals surface area contributed by atoms with Crippen molar-refractivity contribution >= 4 is 11.6 Å². The molecule has 0 saturated heterocycles. The number of hydrogen-bond acceptors (Lipinski definition) is 1. The third-order valence-corrected chi connectivity index (χ3v) is 3.21. The molecule has 0 spiro atoms. The van der Waals surface area contributed by atoms with Crippen LogP contribution >= 0.6 is 11.6 Å². The molecular formula is C14H8ClF5O. The van der Waals surface area contributed by atoms with Crippen LogP contribution in [0.15, 0.2) is 36.4 Å². The van der Waals surface area contributed by atoms with Crippen LogP contribution in [0.2, 0.25) is 5.02 Å². The molecule has 0 saturated carbocycles. The van der Waals surface area contributed by atoms with Gasteiger partial charge in [0.1, 0.15) is 17.7 Å². The average Bonchev–Trinajstić information content (AvgIpc) is 2.39. The molecule has 112 valence electrons. The standard InChI is InChI=1S/C14H8ClF5O/c15-12-4-2-8(17)6-10(12)13(21)9-5-7(16)1-3-11(9)14(18,19)20/h1-6,13,21H. The summed E-state index contributed by atoms with van der Waals surface area (Å²) < 4.78 is 65.1. The lowest BCUT2D eigenvalue weighted by Crippen LogP contribution is -2.13. The Morgan fingerprint density at radius 3 is 2.00 bits per heavy atom. The van der Waals surface area contributed by atoms with E-state index in [1.165, 1.54) is 0 Å². The molecule has 0 aliphatic carbocycles. The van der Waals surface area contributed by atoms with E-state index in [2.05, 4.69) is 0 Å². The molecule has 0 fully saturated rings. The van der Waals surface area contributed by atoms with Gasteiger partial charge in [-0.1, -0.05) is 11.6 Å². The summed E-state index contributed by atoms with van der Waals surface area (Å²) in [6.45, 7) is 0.